The first-order chi connectivity index (χ1) is 14.2. The summed E-state index contributed by atoms with van der Waals surface area (Å²) in [6, 6.07) is 15.9. The third-order valence-electron chi connectivity index (χ3n) is 6.51. The number of fused-ring (bicyclic) bond motifs is 2. The van der Waals surface area contributed by atoms with Crippen molar-refractivity contribution in [2.24, 2.45) is 5.92 Å². The number of carbonyl (C=O) groups is 2. The van der Waals surface area contributed by atoms with Crippen LogP contribution in [-0.4, -0.2) is 34.6 Å². The second-order valence-electron chi connectivity index (χ2n) is 9.50. The maximum Gasteiger partial charge on any atom is 0.415 e. The number of ether oxygens (including phenoxy) is 1. The van der Waals surface area contributed by atoms with Crippen molar-refractivity contribution in [3.8, 4) is 0 Å². The zero-order valence-electron chi connectivity index (χ0n) is 17.4. The highest BCUT2D eigenvalue weighted by molar-refractivity contribution is 9.10. The van der Waals surface area contributed by atoms with E-state index in [4.69, 9.17) is 4.74 Å². The van der Waals surface area contributed by atoms with E-state index in [1.165, 1.54) is 0 Å². The normalized spacial score (nSPS) is 26.7. The molecule has 2 aromatic carbocycles. The fraction of sp³-hybridized carbons (Fsp3) is 0.417. The second kappa shape index (κ2) is 6.58. The lowest BCUT2D eigenvalue weighted by Gasteiger charge is -2.49. The number of anilines is 1. The van der Waals surface area contributed by atoms with Gasteiger partial charge in [-0.15, -0.1) is 0 Å². The zero-order chi connectivity index (χ0) is 21.3. The smallest absolute Gasteiger partial charge is 0.415 e. The minimum atomic E-state index is -0.861. The van der Waals surface area contributed by atoms with E-state index in [-0.39, 0.29) is 17.7 Å². The van der Waals surface area contributed by atoms with E-state index < -0.39 is 17.2 Å². The molecule has 0 N–H and O–H groups in total. The molecule has 3 atom stereocenters. The molecule has 0 radical (unpaired) electrons. The van der Waals surface area contributed by atoms with Gasteiger partial charge in [0.1, 0.15) is 11.1 Å². The highest BCUT2D eigenvalue weighted by atomic mass is 79.9. The first-order valence-corrected chi connectivity index (χ1v) is 11.2. The van der Waals surface area contributed by atoms with Gasteiger partial charge in [-0.1, -0.05) is 46.3 Å². The predicted molar refractivity (Wildman–Crippen MR) is 118 cm³/mol. The van der Waals surface area contributed by atoms with E-state index in [9.17, 15) is 9.59 Å². The number of halogens is 1. The molecule has 5 rings (SSSR count). The molecule has 2 aromatic rings. The molecule has 1 saturated carbocycles. The number of hydrogen-bond acceptors (Lipinski definition) is 3. The molecule has 0 unspecified atom stereocenters. The van der Waals surface area contributed by atoms with Crippen LogP contribution in [0.3, 0.4) is 0 Å². The lowest BCUT2D eigenvalue weighted by molar-refractivity contribution is -0.135. The van der Waals surface area contributed by atoms with Gasteiger partial charge in [0.25, 0.3) is 0 Å². The maximum atomic E-state index is 13.9. The Hall–Kier alpha value is -2.34. The number of rotatable bonds is 2. The molecule has 2 fully saturated rings. The molecule has 2 aliphatic heterocycles. The van der Waals surface area contributed by atoms with Crippen molar-refractivity contribution in [2.45, 2.75) is 50.8 Å². The lowest BCUT2D eigenvalue weighted by atomic mass is 9.59. The molecule has 2 amide bonds. The first kappa shape index (κ1) is 19.6. The predicted octanol–water partition coefficient (Wildman–Crippen LogP) is 5.09. The molecule has 156 valence electrons. The number of amides is 2. The Morgan fingerprint density at radius 2 is 1.93 bits per heavy atom. The Kier molecular flexibility index (Phi) is 4.30. The van der Waals surface area contributed by atoms with Crippen molar-refractivity contribution < 1.29 is 14.3 Å². The van der Waals surface area contributed by atoms with Crippen LogP contribution in [-0.2, 0) is 16.1 Å². The summed E-state index contributed by atoms with van der Waals surface area (Å²) in [5.41, 5.74) is 1.46. The largest absolute Gasteiger partial charge is 0.443 e. The van der Waals surface area contributed by atoms with Crippen molar-refractivity contribution in [1.29, 1.82) is 0 Å². The third kappa shape index (κ3) is 2.73. The van der Waals surface area contributed by atoms with Gasteiger partial charge in [0.05, 0.1) is 5.69 Å². The minimum absolute atomic E-state index is 0.00999. The Morgan fingerprint density at radius 3 is 2.63 bits per heavy atom. The second-order valence-corrected chi connectivity index (χ2v) is 10.4. The van der Waals surface area contributed by atoms with E-state index in [1.807, 2.05) is 68.1 Å². The number of hydrogen-bond donors (Lipinski definition) is 0. The molecule has 0 aromatic heterocycles. The van der Waals surface area contributed by atoms with E-state index in [0.29, 0.717) is 13.1 Å². The van der Waals surface area contributed by atoms with E-state index >= 15 is 0 Å². The van der Waals surface area contributed by atoms with Gasteiger partial charge in [0.15, 0.2) is 0 Å². The van der Waals surface area contributed by atoms with Crippen molar-refractivity contribution in [3.05, 3.63) is 64.1 Å². The van der Waals surface area contributed by atoms with Gasteiger partial charge in [-0.25, -0.2) is 4.79 Å². The van der Waals surface area contributed by atoms with Crippen LogP contribution in [0.15, 0.2) is 53.0 Å². The number of carbonyl (C=O) groups excluding carboxylic acids is 2. The molecule has 1 spiro atoms. The molecule has 0 bridgehead atoms. The number of benzene rings is 2. The van der Waals surface area contributed by atoms with Crippen LogP contribution in [0.4, 0.5) is 10.5 Å². The molecule has 1 saturated heterocycles. The number of likely N-dealkylation sites (tertiary alicyclic amines) is 1. The molecule has 6 heteroatoms. The standard InChI is InChI=1S/C24H25BrN2O3/c1-23(2,3)30-22(29)27-20-10-9-17(25)12-18(20)19-11-16-14-26(21(28)24(16,19)27)13-15-7-5-4-6-8-15/h4-10,12,16,19H,11,13-14H2,1-3H3/t16-,19-,24-/m0/s1. The third-order valence-corrected chi connectivity index (χ3v) is 7.01. The molecule has 3 aliphatic rings. The van der Waals surface area contributed by atoms with E-state index in [0.717, 1.165) is 27.7 Å². The monoisotopic (exact) mass is 468 g/mol. The first-order valence-electron chi connectivity index (χ1n) is 10.4. The molecular formula is C24H25BrN2O3. The highest BCUT2D eigenvalue weighted by Gasteiger charge is 2.74. The van der Waals surface area contributed by atoms with Gasteiger partial charge in [-0.05, 0) is 56.5 Å². The Morgan fingerprint density at radius 1 is 1.20 bits per heavy atom. The molecule has 5 nitrogen and oxygen atoms in total. The maximum absolute atomic E-state index is 13.9. The summed E-state index contributed by atoms with van der Waals surface area (Å²) < 4.78 is 6.73. The summed E-state index contributed by atoms with van der Waals surface area (Å²) in [5, 5.41) is 0. The van der Waals surface area contributed by atoms with Gasteiger partial charge < -0.3 is 9.64 Å². The molecular weight excluding hydrogens is 444 g/mol. The van der Waals surface area contributed by atoms with Gasteiger partial charge in [-0.3, -0.25) is 9.69 Å². The van der Waals surface area contributed by atoms with Crippen LogP contribution >= 0.6 is 15.9 Å². The average molecular weight is 469 g/mol. The lowest BCUT2D eigenvalue weighted by Crippen LogP contribution is -2.66. The van der Waals surface area contributed by atoms with E-state index in [2.05, 4.69) is 22.0 Å². The van der Waals surface area contributed by atoms with Crippen LogP contribution < -0.4 is 4.90 Å². The summed E-state index contributed by atoms with van der Waals surface area (Å²) in [4.78, 5) is 30.8. The topological polar surface area (TPSA) is 49.9 Å². The fourth-order valence-electron chi connectivity index (χ4n) is 5.41. The van der Waals surface area contributed by atoms with Crippen molar-refractivity contribution >= 4 is 33.6 Å². The molecule has 1 aliphatic carbocycles. The Labute approximate surface area is 185 Å². The SMILES string of the molecule is CC(C)(C)OC(=O)N1c2ccc(Br)cc2[C@@H]2C[C@H]3CN(Cc4ccccc4)C(=O)[C@]321. The fourth-order valence-corrected chi connectivity index (χ4v) is 5.79. The summed E-state index contributed by atoms with van der Waals surface area (Å²) in [7, 11) is 0. The van der Waals surface area contributed by atoms with E-state index in [1.54, 1.807) is 4.90 Å². The summed E-state index contributed by atoms with van der Waals surface area (Å²) >= 11 is 3.55. The molecule has 30 heavy (non-hydrogen) atoms. The van der Waals surface area contributed by atoms with Crippen molar-refractivity contribution in [1.82, 2.24) is 4.90 Å². The van der Waals surface area contributed by atoms with Crippen molar-refractivity contribution in [3.63, 3.8) is 0 Å². The quantitative estimate of drug-likeness (QED) is 0.616. The summed E-state index contributed by atoms with van der Waals surface area (Å²) in [6.45, 7) is 6.80. The summed E-state index contributed by atoms with van der Waals surface area (Å²) in [6.07, 6.45) is 0.466. The molecule has 2 heterocycles. The average Bonchev–Trinajstić information content (AvgIpc) is 3.00. The number of nitrogens with zero attached hydrogens (tertiary/aromatic N) is 2. The van der Waals surface area contributed by atoms with Crippen LogP contribution in [0.25, 0.3) is 0 Å². The van der Waals surface area contributed by atoms with Gasteiger partial charge in [-0.2, -0.15) is 0 Å². The van der Waals surface area contributed by atoms with Gasteiger partial charge in [0, 0.05) is 29.4 Å². The zero-order valence-corrected chi connectivity index (χ0v) is 19.0. The Balaban J connectivity index is 1.55. The van der Waals surface area contributed by atoms with Gasteiger partial charge in [0.2, 0.25) is 5.91 Å². The van der Waals surface area contributed by atoms with Crippen LogP contribution in [0.1, 0.15) is 44.2 Å². The van der Waals surface area contributed by atoms with Crippen LogP contribution in [0.5, 0.6) is 0 Å². The highest BCUT2D eigenvalue weighted by Crippen LogP contribution is 2.65. The van der Waals surface area contributed by atoms with Crippen molar-refractivity contribution in [2.75, 3.05) is 11.4 Å². The van der Waals surface area contributed by atoms with Crippen LogP contribution in [0, 0.1) is 5.92 Å². The minimum Gasteiger partial charge on any atom is -0.443 e. The Bertz CT molecular complexity index is 1030. The summed E-state index contributed by atoms with van der Waals surface area (Å²) in [5.74, 6) is 0.152. The van der Waals surface area contributed by atoms with Gasteiger partial charge >= 0.3 is 6.09 Å². The van der Waals surface area contributed by atoms with Crippen LogP contribution in [0.2, 0.25) is 0 Å².